The Morgan fingerprint density at radius 2 is 1.89 bits per heavy atom. The van der Waals surface area contributed by atoms with Crippen LogP contribution in [0.5, 0.6) is 0 Å². The van der Waals surface area contributed by atoms with Crippen LogP contribution in [0, 0.1) is 0 Å². The number of benzene rings is 1. The highest BCUT2D eigenvalue weighted by atomic mass is 32.2. The number of aliphatic carboxylic acids is 1. The molecule has 3 N–H and O–H groups in total. The molecule has 0 heterocycles. The van der Waals surface area contributed by atoms with E-state index in [9.17, 15) is 22.8 Å². The second kappa shape index (κ2) is 13.0. The number of rotatable bonds is 8. The van der Waals surface area contributed by atoms with E-state index in [0.717, 1.165) is 11.3 Å². The Kier molecular flexibility index (Phi) is 11.9. The lowest BCUT2D eigenvalue weighted by atomic mass is 10.1. The molecule has 0 aliphatic rings. The Bertz CT molecular complexity index is 656. The summed E-state index contributed by atoms with van der Waals surface area (Å²) in [6, 6.07) is 6.71. The number of hydrogen-bond donors (Lipinski definition) is 3. The summed E-state index contributed by atoms with van der Waals surface area (Å²) >= 11 is 1.62. The van der Waals surface area contributed by atoms with E-state index in [1.54, 1.807) is 17.8 Å². The third-order valence-electron chi connectivity index (χ3n) is 3.21. The van der Waals surface area contributed by atoms with Gasteiger partial charge < -0.3 is 20.5 Å². The summed E-state index contributed by atoms with van der Waals surface area (Å²) in [5.41, 5.74) is 1.56. The van der Waals surface area contributed by atoms with Crippen molar-refractivity contribution in [3.8, 4) is 0 Å². The van der Waals surface area contributed by atoms with Crippen molar-refractivity contribution in [3.05, 3.63) is 35.4 Å². The number of carboxylic acids is 1. The predicted molar refractivity (Wildman–Crippen MR) is 99.2 cm³/mol. The molecule has 0 aliphatic carbocycles. The highest BCUT2D eigenvalue weighted by Crippen LogP contribution is 2.13. The maximum Gasteiger partial charge on any atom is 0.490 e. The summed E-state index contributed by atoms with van der Waals surface area (Å²) in [6.07, 6.45) is -2.58. The molecular weight excluding hydrogens is 401 g/mol. The van der Waals surface area contributed by atoms with Gasteiger partial charge in [-0.15, -0.1) is 0 Å². The average molecular weight is 424 g/mol. The van der Waals surface area contributed by atoms with Gasteiger partial charge in [0.1, 0.15) is 6.04 Å². The fraction of sp³-hybridized carbons (Fsp3) is 0.471. The van der Waals surface area contributed by atoms with Crippen molar-refractivity contribution >= 4 is 29.6 Å². The van der Waals surface area contributed by atoms with Crippen molar-refractivity contribution < 1.29 is 37.4 Å². The lowest BCUT2D eigenvalue weighted by Crippen LogP contribution is -2.42. The summed E-state index contributed by atoms with van der Waals surface area (Å²) in [7, 11) is 3.18. The number of carboxylic acid groups (broad SMARTS) is 1. The van der Waals surface area contributed by atoms with Crippen molar-refractivity contribution in [2.75, 3.05) is 26.2 Å². The van der Waals surface area contributed by atoms with Crippen LogP contribution < -0.4 is 10.6 Å². The molecule has 7 nitrogen and oxygen atoms in total. The molecule has 1 rings (SSSR count). The summed E-state index contributed by atoms with van der Waals surface area (Å²) < 4.78 is 36.5. The highest BCUT2D eigenvalue weighted by molar-refractivity contribution is 7.98. The van der Waals surface area contributed by atoms with Crippen molar-refractivity contribution in [2.24, 2.45) is 0 Å². The first kappa shape index (κ1) is 25.7. The van der Waals surface area contributed by atoms with E-state index in [0.29, 0.717) is 18.5 Å². The molecule has 0 aromatic heterocycles. The number of alkyl halides is 3. The Morgan fingerprint density at radius 1 is 1.29 bits per heavy atom. The van der Waals surface area contributed by atoms with Crippen LogP contribution in [0.15, 0.2) is 24.3 Å². The number of amides is 1. The highest BCUT2D eigenvalue weighted by Gasteiger charge is 2.38. The van der Waals surface area contributed by atoms with Crippen LogP contribution in [0.3, 0.4) is 0 Å². The zero-order chi connectivity index (χ0) is 21.7. The molecule has 158 valence electrons. The first-order chi connectivity index (χ1) is 13.1. The van der Waals surface area contributed by atoms with Gasteiger partial charge in [0.15, 0.2) is 0 Å². The monoisotopic (exact) mass is 424 g/mol. The summed E-state index contributed by atoms with van der Waals surface area (Å²) in [5.74, 6) is -2.65. The fourth-order valence-electron chi connectivity index (χ4n) is 1.90. The van der Waals surface area contributed by atoms with E-state index in [2.05, 4.69) is 10.6 Å². The number of thioether (sulfide) groups is 1. The Hall–Kier alpha value is -2.27. The van der Waals surface area contributed by atoms with E-state index in [4.69, 9.17) is 14.6 Å². The third-order valence-corrected chi connectivity index (χ3v) is 3.86. The van der Waals surface area contributed by atoms with Crippen molar-refractivity contribution in [2.45, 2.75) is 25.2 Å². The first-order valence-corrected chi connectivity index (χ1v) is 9.37. The molecule has 0 saturated carbocycles. The minimum absolute atomic E-state index is 0.260. The van der Waals surface area contributed by atoms with Crippen LogP contribution in [0.25, 0.3) is 0 Å². The van der Waals surface area contributed by atoms with Crippen LogP contribution >= 0.6 is 11.8 Å². The van der Waals surface area contributed by atoms with Gasteiger partial charge in [-0.2, -0.15) is 24.9 Å². The molecule has 1 aromatic carbocycles. The van der Waals surface area contributed by atoms with Gasteiger partial charge in [-0.25, -0.2) is 9.59 Å². The molecule has 11 heteroatoms. The molecule has 1 unspecified atom stereocenters. The van der Waals surface area contributed by atoms with E-state index >= 15 is 0 Å². The topological polar surface area (TPSA) is 105 Å². The molecular formula is C17H23F3N2O5S. The van der Waals surface area contributed by atoms with Gasteiger partial charge in [0.2, 0.25) is 0 Å². The smallest absolute Gasteiger partial charge is 0.475 e. The zero-order valence-electron chi connectivity index (χ0n) is 15.6. The Balaban J connectivity index is 0.000000887. The van der Waals surface area contributed by atoms with Crippen molar-refractivity contribution in [1.82, 2.24) is 10.6 Å². The number of carbonyl (C=O) groups is 3. The molecule has 0 spiro atoms. The third kappa shape index (κ3) is 10.2. The molecule has 0 aliphatic heterocycles. The number of methoxy groups -OCH3 is 1. The Labute approximate surface area is 165 Å². The van der Waals surface area contributed by atoms with Crippen LogP contribution in [-0.2, 0) is 20.9 Å². The van der Waals surface area contributed by atoms with E-state index < -0.39 is 24.2 Å². The van der Waals surface area contributed by atoms with Gasteiger partial charge in [-0.05, 0) is 43.2 Å². The van der Waals surface area contributed by atoms with Gasteiger partial charge in [0.25, 0.3) is 5.91 Å². The molecule has 0 saturated heterocycles. The lowest BCUT2D eigenvalue weighted by Gasteiger charge is -2.16. The van der Waals surface area contributed by atoms with Crippen molar-refractivity contribution in [3.63, 3.8) is 0 Å². The van der Waals surface area contributed by atoms with E-state index in [1.165, 1.54) is 7.11 Å². The molecule has 0 fully saturated rings. The van der Waals surface area contributed by atoms with Gasteiger partial charge >= 0.3 is 18.1 Å². The van der Waals surface area contributed by atoms with Crippen LogP contribution in [0.1, 0.15) is 22.3 Å². The molecule has 0 radical (unpaired) electrons. The van der Waals surface area contributed by atoms with Gasteiger partial charge in [-0.3, -0.25) is 4.79 Å². The lowest BCUT2D eigenvalue weighted by molar-refractivity contribution is -0.192. The van der Waals surface area contributed by atoms with Crippen LogP contribution in [0.2, 0.25) is 0 Å². The van der Waals surface area contributed by atoms with Crippen LogP contribution in [0.4, 0.5) is 13.2 Å². The number of halogens is 3. The molecule has 0 bridgehead atoms. The first-order valence-electron chi connectivity index (χ1n) is 7.98. The SMILES string of the molecule is CNCc1cccc(C(=O)NC(CCSC)C(=O)OC)c1.O=C(O)C(F)(F)F. The number of carbonyl (C=O) groups excluding carboxylic acids is 2. The quantitative estimate of drug-likeness (QED) is 0.549. The maximum atomic E-state index is 12.2. The second-order valence-electron chi connectivity index (χ2n) is 5.36. The van der Waals surface area contributed by atoms with Gasteiger partial charge in [0.05, 0.1) is 7.11 Å². The molecule has 28 heavy (non-hydrogen) atoms. The van der Waals surface area contributed by atoms with Crippen LogP contribution in [-0.4, -0.2) is 61.3 Å². The minimum Gasteiger partial charge on any atom is -0.475 e. The minimum atomic E-state index is -5.08. The Morgan fingerprint density at radius 3 is 2.36 bits per heavy atom. The largest absolute Gasteiger partial charge is 0.490 e. The fourth-order valence-corrected chi connectivity index (χ4v) is 2.37. The summed E-state index contributed by atoms with van der Waals surface area (Å²) in [5, 5.41) is 12.9. The van der Waals surface area contributed by atoms with Crippen molar-refractivity contribution in [1.29, 1.82) is 0 Å². The summed E-state index contributed by atoms with van der Waals surface area (Å²) in [4.78, 5) is 32.8. The maximum absolute atomic E-state index is 12.2. The van der Waals surface area contributed by atoms with E-state index in [-0.39, 0.29) is 5.91 Å². The molecule has 1 amide bonds. The number of esters is 1. The van der Waals surface area contributed by atoms with Gasteiger partial charge in [-0.1, -0.05) is 12.1 Å². The van der Waals surface area contributed by atoms with Gasteiger partial charge in [0, 0.05) is 12.1 Å². The average Bonchev–Trinajstić information content (AvgIpc) is 2.64. The zero-order valence-corrected chi connectivity index (χ0v) is 16.4. The number of hydrogen-bond acceptors (Lipinski definition) is 6. The van der Waals surface area contributed by atoms with E-state index in [1.807, 2.05) is 31.5 Å². The number of nitrogens with one attached hydrogen (secondary N) is 2. The second-order valence-corrected chi connectivity index (χ2v) is 6.35. The normalized spacial score (nSPS) is 11.6. The summed E-state index contributed by atoms with van der Waals surface area (Å²) in [6.45, 7) is 0.689. The number of ether oxygens (including phenoxy) is 1. The molecule has 1 atom stereocenters. The molecule has 1 aromatic rings. The predicted octanol–water partition coefficient (Wildman–Crippen LogP) is 2.06. The standard InChI is InChI=1S/C15H22N2O3S.C2HF3O2/c1-16-10-11-5-4-6-12(9-11)14(18)17-13(7-8-21-3)15(19)20-2;3-2(4,5)1(6)7/h4-6,9,13,16H,7-8,10H2,1-3H3,(H,17,18);(H,6,7).